The number of fused-ring (bicyclic) bond motifs is 1. The van der Waals surface area contributed by atoms with Gasteiger partial charge in [-0.2, -0.15) is 5.26 Å². The lowest BCUT2D eigenvalue weighted by Gasteiger charge is -2.09. The maximum Gasteiger partial charge on any atom is 0.345 e. The largest absolute Gasteiger partial charge is 0.421 e. The van der Waals surface area contributed by atoms with Crippen molar-refractivity contribution in [1.82, 2.24) is 0 Å². The zero-order valence-corrected chi connectivity index (χ0v) is 15.4. The molecule has 1 aliphatic rings. The highest BCUT2D eigenvalue weighted by Gasteiger charge is 2.37. The first-order chi connectivity index (χ1) is 12.3. The molecule has 1 heterocycles. The summed E-state index contributed by atoms with van der Waals surface area (Å²) in [5.74, 6) is -0.984. The van der Waals surface area contributed by atoms with Gasteiger partial charge in [0.2, 0.25) is 0 Å². The molecule has 0 aromatic heterocycles. The lowest BCUT2D eigenvalue weighted by Crippen LogP contribution is -1.96. The summed E-state index contributed by atoms with van der Waals surface area (Å²) in [5, 5.41) is 19.9. The fraction of sp³-hybridized carbons (Fsp3) is 0. The molecule has 0 unspecified atom stereocenters. The number of nitro groups is 1. The Kier molecular flexibility index (Phi) is 4.82. The summed E-state index contributed by atoms with van der Waals surface area (Å²) in [6.45, 7) is 0. The van der Waals surface area contributed by atoms with E-state index in [1.54, 1.807) is 0 Å². The first-order valence-corrected chi connectivity index (χ1v) is 8.26. The molecule has 0 amide bonds. The van der Waals surface area contributed by atoms with Crippen LogP contribution in [-0.2, 0) is 4.74 Å². The smallest absolute Gasteiger partial charge is 0.345 e. The third-order valence-electron chi connectivity index (χ3n) is 3.60. The molecule has 130 valence electrons. The van der Waals surface area contributed by atoms with E-state index in [-0.39, 0.29) is 53.8 Å². The molecule has 2 aromatic carbocycles. The Balaban J connectivity index is 2.29. The number of halogens is 4. The quantitative estimate of drug-likeness (QED) is 0.151. The number of nitrogens with zero attached hydrogens (tertiary/aromatic N) is 2. The van der Waals surface area contributed by atoms with Gasteiger partial charge in [0, 0.05) is 12.1 Å². The van der Waals surface area contributed by atoms with Crippen LogP contribution in [0.5, 0.6) is 0 Å². The molecule has 0 aliphatic carbocycles. The Hall–Kier alpha value is -2.30. The second kappa shape index (κ2) is 6.78. The van der Waals surface area contributed by atoms with Gasteiger partial charge in [0.1, 0.15) is 11.6 Å². The fourth-order valence-corrected chi connectivity index (χ4v) is 3.42. The van der Waals surface area contributed by atoms with Gasteiger partial charge in [-0.25, -0.2) is 4.79 Å². The van der Waals surface area contributed by atoms with Crippen LogP contribution in [0.25, 0.3) is 11.3 Å². The highest BCUT2D eigenvalue weighted by atomic mass is 35.5. The Morgan fingerprint density at radius 1 is 1.00 bits per heavy atom. The first-order valence-electron chi connectivity index (χ1n) is 6.75. The Morgan fingerprint density at radius 2 is 1.54 bits per heavy atom. The zero-order valence-electron chi connectivity index (χ0n) is 12.3. The minimum absolute atomic E-state index is 0.0472. The Labute approximate surface area is 166 Å². The van der Waals surface area contributed by atoms with E-state index in [0.717, 1.165) is 0 Å². The first kappa shape index (κ1) is 18.5. The topological polar surface area (TPSA) is 93.2 Å². The van der Waals surface area contributed by atoms with Crippen LogP contribution in [0.3, 0.4) is 0 Å². The number of carbonyl (C=O) groups is 1. The number of non-ortho nitro benzene ring substituents is 1. The molecule has 0 atom stereocenters. The summed E-state index contributed by atoms with van der Waals surface area (Å²) >= 11 is 24.2. The lowest BCUT2D eigenvalue weighted by molar-refractivity contribution is -0.384. The summed E-state index contributed by atoms with van der Waals surface area (Å²) in [7, 11) is 0. The zero-order chi connectivity index (χ0) is 19.2. The lowest BCUT2D eigenvalue weighted by atomic mass is 10.00. The van der Waals surface area contributed by atoms with Crippen LogP contribution >= 0.6 is 46.4 Å². The van der Waals surface area contributed by atoms with Crippen molar-refractivity contribution in [3.05, 3.63) is 71.2 Å². The standard InChI is InChI=1S/C16H4Cl4N2O4/c17-11-9-10(12(18)14(20)13(11)19)16(23)26-15(9)8(5-21)6-1-3-7(4-2-6)22(24)25/h1-4H/b15-8-. The summed E-state index contributed by atoms with van der Waals surface area (Å²) in [4.78, 5) is 22.4. The minimum Gasteiger partial charge on any atom is -0.421 e. The van der Waals surface area contributed by atoms with Crippen molar-refractivity contribution in [2.75, 3.05) is 0 Å². The summed E-state index contributed by atoms with van der Waals surface area (Å²) in [6, 6.07) is 7.04. The highest BCUT2D eigenvalue weighted by molar-refractivity contribution is 6.54. The van der Waals surface area contributed by atoms with Crippen molar-refractivity contribution < 1.29 is 14.5 Å². The number of hydrogen-bond acceptors (Lipinski definition) is 5. The molecule has 10 heteroatoms. The van der Waals surface area contributed by atoms with Crippen LogP contribution in [0, 0.1) is 21.4 Å². The van der Waals surface area contributed by atoms with E-state index in [2.05, 4.69) is 0 Å². The van der Waals surface area contributed by atoms with Crippen molar-refractivity contribution >= 4 is 69.4 Å². The van der Waals surface area contributed by atoms with E-state index in [4.69, 9.17) is 51.1 Å². The Bertz CT molecular complexity index is 1060. The van der Waals surface area contributed by atoms with E-state index in [1.165, 1.54) is 24.3 Å². The van der Waals surface area contributed by atoms with Gasteiger partial charge < -0.3 is 4.74 Å². The van der Waals surface area contributed by atoms with Crippen LogP contribution in [0.2, 0.25) is 20.1 Å². The molecule has 26 heavy (non-hydrogen) atoms. The van der Waals surface area contributed by atoms with Gasteiger partial charge >= 0.3 is 5.97 Å². The molecule has 0 fully saturated rings. The van der Waals surface area contributed by atoms with Crippen LogP contribution in [0.4, 0.5) is 5.69 Å². The van der Waals surface area contributed by atoms with Gasteiger partial charge in [0.05, 0.1) is 36.1 Å². The summed E-state index contributed by atoms with van der Waals surface area (Å²) < 4.78 is 5.19. The van der Waals surface area contributed by atoms with Crippen LogP contribution in [0.1, 0.15) is 21.5 Å². The van der Waals surface area contributed by atoms with Crippen molar-refractivity contribution in [2.45, 2.75) is 0 Å². The number of hydrogen-bond donors (Lipinski definition) is 0. The highest BCUT2D eigenvalue weighted by Crippen LogP contribution is 2.49. The number of esters is 1. The van der Waals surface area contributed by atoms with Crippen LogP contribution < -0.4 is 0 Å². The van der Waals surface area contributed by atoms with Crippen LogP contribution in [-0.4, -0.2) is 10.9 Å². The maximum atomic E-state index is 12.2. The van der Waals surface area contributed by atoms with E-state index in [9.17, 15) is 20.2 Å². The number of rotatable bonds is 2. The molecule has 0 spiro atoms. The van der Waals surface area contributed by atoms with Gasteiger partial charge in [0.25, 0.3) is 5.69 Å². The van der Waals surface area contributed by atoms with Gasteiger partial charge in [-0.1, -0.05) is 46.4 Å². The molecule has 6 nitrogen and oxygen atoms in total. The predicted octanol–water partition coefficient (Wildman–Crippen LogP) is 5.77. The third kappa shape index (κ3) is 2.79. The van der Waals surface area contributed by atoms with E-state index < -0.39 is 10.9 Å². The molecule has 0 saturated heterocycles. The second-order valence-corrected chi connectivity index (χ2v) is 6.53. The predicted molar refractivity (Wildman–Crippen MR) is 97.4 cm³/mol. The van der Waals surface area contributed by atoms with Crippen molar-refractivity contribution in [2.24, 2.45) is 0 Å². The molecule has 0 saturated carbocycles. The van der Waals surface area contributed by atoms with E-state index in [0.29, 0.717) is 0 Å². The molecule has 0 N–H and O–H groups in total. The van der Waals surface area contributed by atoms with Crippen molar-refractivity contribution in [3.63, 3.8) is 0 Å². The van der Waals surface area contributed by atoms with Gasteiger partial charge in [0.15, 0.2) is 5.76 Å². The minimum atomic E-state index is -0.838. The molecular formula is C16H4Cl4N2O4. The molecule has 2 aromatic rings. The molecular weight excluding hydrogens is 426 g/mol. The van der Waals surface area contributed by atoms with Gasteiger partial charge in [-0.3, -0.25) is 10.1 Å². The number of benzene rings is 2. The third-order valence-corrected chi connectivity index (χ3v) is 5.40. The average molecular weight is 430 g/mol. The van der Waals surface area contributed by atoms with E-state index >= 15 is 0 Å². The number of ether oxygens (including phenoxy) is 1. The summed E-state index contributed by atoms with van der Waals surface area (Å²) in [5.41, 5.74) is 0.00724. The molecule has 0 radical (unpaired) electrons. The number of allylic oxidation sites excluding steroid dienone is 1. The normalized spacial score (nSPS) is 14.5. The van der Waals surface area contributed by atoms with Gasteiger partial charge in [-0.15, -0.1) is 0 Å². The molecule has 0 bridgehead atoms. The molecule has 3 rings (SSSR count). The van der Waals surface area contributed by atoms with Crippen molar-refractivity contribution in [3.8, 4) is 6.07 Å². The second-order valence-electron chi connectivity index (χ2n) is 5.02. The SMILES string of the molecule is N#C/C(=C1/OC(=O)c2c(Cl)c(Cl)c(Cl)c(Cl)c21)c1ccc([N+](=O)[O-])cc1. The Morgan fingerprint density at radius 3 is 2.04 bits per heavy atom. The number of nitro benzene ring substituents is 1. The fourth-order valence-electron chi connectivity index (χ4n) is 2.40. The maximum absolute atomic E-state index is 12.2. The summed E-state index contributed by atoms with van der Waals surface area (Å²) in [6.07, 6.45) is 0. The van der Waals surface area contributed by atoms with Gasteiger partial charge in [-0.05, 0) is 17.7 Å². The van der Waals surface area contributed by atoms with Crippen molar-refractivity contribution in [1.29, 1.82) is 5.26 Å². The molecule has 1 aliphatic heterocycles. The average Bonchev–Trinajstić information content (AvgIpc) is 2.96. The van der Waals surface area contributed by atoms with Crippen LogP contribution in [0.15, 0.2) is 24.3 Å². The number of cyclic esters (lactones) is 1. The monoisotopic (exact) mass is 428 g/mol. The number of carbonyl (C=O) groups excluding carboxylic acids is 1. The number of nitriles is 1. The van der Waals surface area contributed by atoms with E-state index in [1.807, 2.05) is 6.07 Å².